The molecule has 126 valence electrons. The van der Waals surface area contributed by atoms with E-state index in [-0.39, 0.29) is 16.6 Å². The van der Waals surface area contributed by atoms with Crippen LogP contribution in [0.15, 0.2) is 54.9 Å². The predicted octanol–water partition coefficient (Wildman–Crippen LogP) is 4.57. The Morgan fingerprint density at radius 2 is 1.76 bits per heavy atom. The minimum Gasteiger partial charge on any atom is -0.340 e. The Bertz CT molecular complexity index is 915. The smallest absolute Gasteiger partial charge is 0.274 e. The summed E-state index contributed by atoms with van der Waals surface area (Å²) in [5.41, 5.74) is 2.53. The van der Waals surface area contributed by atoms with Crippen LogP contribution in [0.25, 0.3) is 0 Å². The first-order chi connectivity index (χ1) is 12.0. The molecular formula is C18H14ClFN4O. The number of carbonyl (C=O) groups is 1. The number of aryl methyl sites for hydroxylation is 1. The molecule has 0 spiro atoms. The summed E-state index contributed by atoms with van der Waals surface area (Å²) in [4.78, 5) is 20.3. The number of aromatic nitrogens is 2. The number of hydrogen-bond acceptors (Lipinski definition) is 4. The molecule has 5 nitrogen and oxygen atoms in total. The molecule has 0 radical (unpaired) electrons. The molecule has 0 unspecified atom stereocenters. The van der Waals surface area contributed by atoms with E-state index < -0.39 is 5.82 Å². The number of halogens is 2. The highest BCUT2D eigenvalue weighted by atomic mass is 35.5. The fraction of sp³-hybridized carbons (Fsp3) is 0.0556. The van der Waals surface area contributed by atoms with Crippen molar-refractivity contribution < 1.29 is 9.18 Å². The van der Waals surface area contributed by atoms with Crippen LogP contribution in [0, 0.1) is 12.7 Å². The summed E-state index contributed by atoms with van der Waals surface area (Å²) in [6, 6.07) is 13.1. The zero-order valence-electron chi connectivity index (χ0n) is 13.3. The molecule has 0 aliphatic carbocycles. The predicted molar refractivity (Wildman–Crippen MR) is 95.9 cm³/mol. The van der Waals surface area contributed by atoms with Gasteiger partial charge in [0.25, 0.3) is 5.91 Å². The van der Waals surface area contributed by atoms with Crippen LogP contribution in [-0.2, 0) is 0 Å². The van der Waals surface area contributed by atoms with Gasteiger partial charge >= 0.3 is 0 Å². The summed E-state index contributed by atoms with van der Waals surface area (Å²) >= 11 is 5.75. The third-order valence-electron chi connectivity index (χ3n) is 3.40. The minimum atomic E-state index is -0.506. The number of carbonyl (C=O) groups excluding carboxylic acids is 1. The van der Waals surface area contributed by atoms with Gasteiger partial charge < -0.3 is 10.6 Å². The van der Waals surface area contributed by atoms with Gasteiger partial charge in [0.05, 0.1) is 5.02 Å². The molecular weight excluding hydrogens is 343 g/mol. The van der Waals surface area contributed by atoms with Crippen molar-refractivity contribution in [2.75, 3.05) is 10.6 Å². The number of hydrogen-bond donors (Lipinski definition) is 2. The highest BCUT2D eigenvalue weighted by Crippen LogP contribution is 2.22. The van der Waals surface area contributed by atoms with Crippen LogP contribution >= 0.6 is 11.6 Å². The summed E-state index contributed by atoms with van der Waals surface area (Å²) < 4.78 is 13.2. The molecule has 1 heterocycles. The highest BCUT2D eigenvalue weighted by molar-refractivity contribution is 6.31. The van der Waals surface area contributed by atoms with Crippen LogP contribution in [0.1, 0.15) is 16.1 Å². The quantitative estimate of drug-likeness (QED) is 0.718. The van der Waals surface area contributed by atoms with Crippen LogP contribution in [0.4, 0.5) is 21.6 Å². The van der Waals surface area contributed by atoms with E-state index in [0.717, 1.165) is 5.56 Å². The average molecular weight is 357 g/mol. The molecule has 25 heavy (non-hydrogen) atoms. The van der Waals surface area contributed by atoms with E-state index in [0.29, 0.717) is 17.2 Å². The topological polar surface area (TPSA) is 66.9 Å². The largest absolute Gasteiger partial charge is 0.340 e. The second kappa shape index (κ2) is 7.27. The summed E-state index contributed by atoms with van der Waals surface area (Å²) in [5, 5.41) is 5.72. The molecule has 0 saturated heterocycles. The first-order valence-electron chi connectivity index (χ1n) is 7.43. The molecule has 1 aromatic heterocycles. The molecule has 3 rings (SSSR count). The first-order valence-corrected chi connectivity index (χ1v) is 7.81. The molecule has 0 atom stereocenters. The molecule has 2 N–H and O–H groups in total. The van der Waals surface area contributed by atoms with Gasteiger partial charge in [-0.3, -0.25) is 4.79 Å². The summed E-state index contributed by atoms with van der Waals surface area (Å²) in [6.07, 6.45) is 1.28. The molecule has 1 amide bonds. The van der Waals surface area contributed by atoms with Gasteiger partial charge in [-0.05, 0) is 37.3 Å². The zero-order chi connectivity index (χ0) is 17.8. The SMILES string of the molecule is Cc1ccc(NC(=O)c2cc(Nc3ccc(F)c(Cl)c3)ncn2)cc1. The van der Waals surface area contributed by atoms with Crippen LogP contribution < -0.4 is 10.6 Å². The van der Waals surface area contributed by atoms with E-state index >= 15 is 0 Å². The van der Waals surface area contributed by atoms with E-state index in [2.05, 4.69) is 20.6 Å². The lowest BCUT2D eigenvalue weighted by molar-refractivity contribution is 0.102. The van der Waals surface area contributed by atoms with Crippen LogP contribution in [0.2, 0.25) is 5.02 Å². The van der Waals surface area contributed by atoms with Gasteiger partial charge in [0.2, 0.25) is 0 Å². The van der Waals surface area contributed by atoms with Crippen molar-refractivity contribution in [3.05, 3.63) is 77.0 Å². The summed E-state index contributed by atoms with van der Waals surface area (Å²) in [6.45, 7) is 1.97. The van der Waals surface area contributed by atoms with Crippen molar-refractivity contribution in [3.63, 3.8) is 0 Å². The zero-order valence-corrected chi connectivity index (χ0v) is 14.0. The molecule has 3 aromatic rings. The van der Waals surface area contributed by atoms with E-state index in [1.807, 2.05) is 31.2 Å². The average Bonchev–Trinajstić information content (AvgIpc) is 2.60. The van der Waals surface area contributed by atoms with Gasteiger partial charge in [-0.1, -0.05) is 29.3 Å². The van der Waals surface area contributed by atoms with Gasteiger partial charge in [0, 0.05) is 17.4 Å². The molecule has 0 fully saturated rings. The van der Waals surface area contributed by atoms with Crippen LogP contribution in [0.3, 0.4) is 0 Å². The van der Waals surface area contributed by atoms with E-state index in [1.54, 1.807) is 0 Å². The second-order valence-corrected chi connectivity index (χ2v) is 5.77. The molecule has 0 saturated carbocycles. The van der Waals surface area contributed by atoms with Gasteiger partial charge in [0.15, 0.2) is 0 Å². The Balaban J connectivity index is 1.75. The summed E-state index contributed by atoms with van der Waals surface area (Å²) in [5.74, 6) is -0.466. The van der Waals surface area contributed by atoms with E-state index in [1.165, 1.54) is 30.6 Å². The maximum Gasteiger partial charge on any atom is 0.274 e. The normalized spacial score (nSPS) is 10.4. The van der Waals surface area contributed by atoms with E-state index in [4.69, 9.17) is 11.6 Å². The van der Waals surface area contributed by atoms with Gasteiger partial charge in [0.1, 0.15) is 23.7 Å². The van der Waals surface area contributed by atoms with Crippen molar-refractivity contribution in [1.29, 1.82) is 0 Å². The lowest BCUT2D eigenvalue weighted by Crippen LogP contribution is -2.14. The number of anilines is 3. The Labute approximate surface area is 148 Å². The van der Waals surface area contributed by atoms with Gasteiger partial charge in [-0.15, -0.1) is 0 Å². The third kappa shape index (κ3) is 4.30. The molecule has 2 aromatic carbocycles. The molecule has 7 heteroatoms. The Morgan fingerprint density at radius 3 is 2.48 bits per heavy atom. The van der Waals surface area contributed by atoms with Crippen LogP contribution in [-0.4, -0.2) is 15.9 Å². The maximum atomic E-state index is 13.2. The van der Waals surface area contributed by atoms with Crippen molar-refractivity contribution in [2.45, 2.75) is 6.92 Å². The lowest BCUT2D eigenvalue weighted by atomic mass is 10.2. The monoisotopic (exact) mass is 356 g/mol. The fourth-order valence-electron chi connectivity index (χ4n) is 2.10. The second-order valence-electron chi connectivity index (χ2n) is 5.36. The standard InChI is InChI=1S/C18H14ClFN4O/c1-11-2-4-12(5-3-11)24-18(25)16-9-17(22-10-21-16)23-13-6-7-15(20)14(19)8-13/h2-10H,1H3,(H,24,25)(H,21,22,23). The van der Waals surface area contributed by atoms with Gasteiger partial charge in [-0.2, -0.15) is 0 Å². The Hall–Kier alpha value is -2.99. The number of nitrogens with zero attached hydrogens (tertiary/aromatic N) is 2. The van der Waals surface area contributed by atoms with Crippen molar-refractivity contribution in [1.82, 2.24) is 9.97 Å². The maximum absolute atomic E-state index is 13.2. The lowest BCUT2D eigenvalue weighted by Gasteiger charge is -2.08. The Morgan fingerprint density at radius 1 is 1.04 bits per heavy atom. The Kier molecular flexibility index (Phi) is 4.90. The molecule has 0 bridgehead atoms. The molecule has 0 aliphatic rings. The van der Waals surface area contributed by atoms with E-state index in [9.17, 15) is 9.18 Å². The first kappa shape index (κ1) is 16.9. The van der Waals surface area contributed by atoms with Crippen molar-refractivity contribution >= 4 is 34.7 Å². The van der Waals surface area contributed by atoms with Crippen molar-refractivity contribution in [3.8, 4) is 0 Å². The number of nitrogens with one attached hydrogen (secondary N) is 2. The number of amides is 1. The van der Waals surface area contributed by atoms with Crippen LogP contribution in [0.5, 0.6) is 0 Å². The highest BCUT2D eigenvalue weighted by Gasteiger charge is 2.10. The fourth-order valence-corrected chi connectivity index (χ4v) is 2.28. The number of benzene rings is 2. The summed E-state index contributed by atoms with van der Waals surface area (Å²) in [7, 11) is 0. The van der Waals surface area contributed by atoms with Crippen molar-refractivity contribution in [2.24, 2.45) is 0 Å². The third-order valence-corrected chi connectivity index (χ3v) is 3.69. The minimum absolute atomic E-state index is 0.00334. The van der Waals surface area contributed by atoms with Gasteiger partial charge in [-0.25, -0.2) is 14.4 Å². The number of rotatable bonds is 4. The molecule has 0 aliphatic heterocycles.